The summed E-state index contributed by atoms with van der Waals surface area (Å²) in [6.45, 7) is 2.19. The summed E-state index contributed by atoms with van der Waals surface area (Å²) < 4.78 is 5.49. The molecule has 0 saturated carbocycles. The van der Waals surface area contributed by atoms with Crippen LogP contribution in [0.2, 0.25) is 0 Å². The smallest absolute Gasteiger partial charge is 0.335 e. The number of aryl methyl sites for hydroxylation is 1. The second kappa shape index (κ2) is 6.94. The van der Waals surface area contributed by atoms with Crippen molar-refractivity contribution in [2.24, 2.45) is 0 Å². The fourth-order valence-electron chi connectivity index (χ4n) is 1.61. The molecule has 0 radical (unpaired) electrons. The van der Waals surface area contributed by atoms with Gasteiger partial charge in [0.15, 0.2) is 5.16 Å². The van der Waals surface area contributed by atoms with Gasteiger partial charge in [-0.1, -0.05) is 11.8 Å². The van der Waals surface area contributed by atoms with Crippen molar-refractivity contribution in [2.45, 2.75) is 12.1 Å². The predicted molar refractivity (Wildman–Crippen MR) is 79.2 cm³/mol. The standard InChI is InChI=1S/C14H14N2O4S/c1-9-8-12(17)16-14(15-9)21-7-6-20-11-4-2-10(3-5-11)13(18)19/h2-5,8H,6-7H2,1H3,(H,18,19)(H,15,16,17). The Kier molecular flexibility index (Phi) is 4.99. The third kappa shape index (κ3) is 4.64. The molecule has 2 aromatic rings. The van der Waals surface area contributed by atoms with Crippen LogP contribution in [-0.2, 0) is 0 Å². The summed E-state index contributed by atoms with van der Waals surface area (Å²) in [4.78, 5) is 28.8. The molecule has 0 atom stereocenters. The van der Waals surface area contributed by atoms with Gasteiger partial charge in [-0.15, -0.1) is 0 Å². The van der Waals surface area contributed by atoms with E-state index in [0.717, 1.165) is 0 Å². The van der Waals surface area contributed by atoms with Crippen molar-refractivity contribution in [3.8, 4) is 5.75 Å². The number of carboxylic acids is 1. The van der Waals surface area contributed by atoms with Crippen LogP contribution in [0, 0.1) is 6.92 Å². The molecular formula is C14H14N2O4S. The number of aromatic amines is 1. The Morgan fingerprint density at radius 2 is 2.10 bits per heavy atom. The Labute approximate surface area is 125 Å². The lowest BCUT2D eigenvalue weighted by molar-refractivity contribution is 0.0697. The second-order valence-corrected chi connectivity index (χ2v) is 5.30. The lowest BCUT2D eigenvalue weighted by atomic mass is 10.2. The summed E-state index contributed by atoms with van der Waals surface area (Å²) in [6, 6.07) is 7.64. The SMILES string of the molecule is Cc1cc(=O)[nH]c(SCCOc2ccc(C(=O)O)cc2)n1. The molecule has 0 spiro atoms. The molecule has 6 nitrogen and oxygen atoms in total. The van der Waals surface area contributed by atoms with Gasteiger partial charge in [-0.2, -0.15) is 0 Å². The molecule has 21 heavy (non-hydrogen) atoms. The fourth-order valence-corrected chi connectivity index (χ4v) is 2.35. The fraction of sp³-hybridized carbons (Fsp3) is 0.214. The number of H-pyrrole nitrogens is 1. The molecule has 0 aliphatic heterocycles. The Morgan fingerprint density at radius 3 is 2.71 bits per heavy atom. The summed E-state index contributed by atoms with van der Waals surface area (Å²) in [5, 5.41) is 9.34. The molecule has 0 saturated heterocycles. The maximum atomic E-state index is 11.3. The number of hydrogen-bond acceptors (Lipinski definition) is 5. The van der Waals surface area contributed by atoms with Crippen molar-refractivity contribution in [1.29, 1.82) is 0 Å². The topological polar surface area (TPSA) is 92.3 Å². The van der Waals surface area contributed by atoms with Crippen LogP contribution in [-0.4, -0.2) is 33.4 Å². The molecular weight excluding hydrogens is 292 g/mol. The van der Waals surface area contributed by atoms with E-state index >= 15 is 0 Å². The van der Waals surface area contributed by atoms with Crippen molar-refractivity contribution in [1.82, 2.24) is 9.97 Å². The first-order valence-electron chi connectivity index (χ1n) is 6.21. The van der Waals surface area contributed by atoms with E-state index in [9.17, 15) is 9.59 Å². The molecule has 0 fully saturated rings. The van der Waals surface area contributed by atoms with Crippen LogP contribution in [0.5, 0.6) is 5.75 Å². The van der Waals surface area contributed by atoms with Crippen LogP contribution >= 0.6 is 11.8 Å². The van der Waals surface area contributed by atoms with Gasteiger partial charge in [-0.05, 0) is 31.2 Å². The number of carboxylic acid groups (broad SMARTS) is 1. The van der Waals surface area contributed by atoms with E-state index in [1.807, 2.05) is 0 Å². The van der Waals surface area contributed by atoms with Crippen LogP contribution < -0.4 is 10.3 Å². The number of nitrogens with zero attached hydrogens (tertiary/aromatic N) is 1. The molecule has 1 aromatic heterocycles. The Bertz CT molecular complexity index is 682. The quantitative estimate of drug-likeness (QED) is 0.481. The summed E-state index contributed by atoms with van der Waals surface area (Å²) in [5.74, 6) is 0.255. The first-order valence-corrected chi connectivity index (χ1v) is 7.20. The molecule has 0 amide bonds. The minimum absolute atomic E-state index is 0.171. The highest BCUT2D eigenvalue weighted by Crippen LogP contribution is 2.14. The second-order valence-electron chi connectivity index (χ2n) is 4.22. The summed E-state index contributed by atoms with van der Waals surface area (Å²) in [7, 11) is 0. The van der Waals surface area contributed by atoms with Crippen molar-refractivity contribution in [3.63, 3.8) is 0 Å². The van der Waals surface area contributed by atoms with Crippen molar-refractivity contribution in [2.75, 3.05) is 12.4 Å². The zero-order valence-corrected chi connectivity index (χ0v) is 12.1. The van der Waals surface area contributed by atoms with Gasteiger partial charge in [-0.3, -0.25) is 4.79 Å². The summed E-state index contributed by atoms with van der Waals surface area (Å²) in [5.41, 5.74) is 0.722. The lowest BCUT2D eigenvalue weighted by Crippen LogP contribution is -2.09. The molecule has 0 unspecified atom stereocenters. The largest absolute Gasteiger partial charge is 0.493 e. The highest BCUT2D eigenvalue weighted by molar-refractivity contribution is 7.99. The van der Waals surface area contributed by atoms with Crippen LogP contribution in [0.4, 0.5) is 0 Å². The number of rotatable bonds is 6. The number of thioether (sulfide) groups is 1. The molecule has 0 aliphatic rings. The van der Waals surface area contributed by atoms with Crippen LogP contribution in [0.25, 0.3) is 0 Å². The van der Waals surface area contributed by atoms with E-state index in [4.69, 9.17) is 9.84 Å². The number of aromatic nitrogens is 2. The number of nitrogens with one attached hydrogen (secondary N) is 1. The van der Waals surface area contributed by atoms with Gasteiger partial charge < -0.3 is 14.8 Å². The number of benzene rings is 1. The van der Waals surface area contributed by atoms with E-state index in [0.29, 0.717) is 29.0 Å². The van der Waals surface area contributed by atoms with Crippen molar-refractivity contribution in [3.05, 3.63) is 51.9 Å². The molecule has 1 aromatic carbocycles. The van der Waals surface area contributed by atoms with E-state index in [1.165, 1.54) is 30.0 Å². The first kappa shape index (κ1) is 15.1. The van der Waals surface area contributed by atoms with Gasteiger partial charge in [0.1, 0.15) is 5.75 Å². The van der Waals surface area contributed by atoms with Crippen LogP contribution in [0.1, 0.15) is 16.1 Å². The molecule has 0 bridgehead atoms. The number of aromatic carboxylic acids is 1. The van der Waals surface area contributed by atoms with Gasteiger partial charge >= 0.3 is 5.97 Å². The normalized spacial score (nSPS) is 10.3. The van der Waals surface area contributed by atoms with Crippen LogP contribution in [0.15, 0.2) is 40.3 Å². The highest BCUT2D eigenvalue weighted by Gasteiger charge is 2.03. The van der Waals surface area contributed by atoms with Crippen LogP contribution in [0.3, 0.4) is 0 Å². The Balaban J connectivity index is 1.81. The first-order chi connectivity index (χ1) is 10.0. The monoisotopic (exact) mass is 306 g/mol. The summed E-state index contributed by atoms with van der Waals surface area (Å²) >= 11 is 1.39. The third-order valence-corrected chi connectivity index (χ3v) is 3.38. The zero-order valence-electron chi connectivity index (χ0n) is 11.3. The van der Waals surface area contributed by atoms with E-state index in [1.54, 1.807) is 19.1 Å². The number of carbonyl (C=O) groups is 1. The molecule has 2 rings (SSSR count). The van der Waals surface area contributed by atoms with Crippen molar-refractivity contribution >= 4 is 17.7 Å². The average Bonchev–Trinajstić information content (AvgIpc) is 2.43. The maximum Gasteiger partial charge on any atom is 0.335 e. The van der Waals surface area contributed by atoms with Crippen molar-refractivity contribution < 1.29 is 14.6 Å². The highest BCUT2D eigenvalue weighted by atomic mass is 32.2. The van der Waals surface area contributed by atoms with Gasteiger partial charge in [-0.25, -0.2) is 9.78 Å². The summed E-state index contributed by atoms with van der Waals surface area (Å²) in [6.07, 6.45) is 0. The maximum absolute atomic E-state index is 11.3. The third-order valence-electron chi connectivity index (χ3n) is 2.54. The minimum atomic E-state index is -0.966. The zero-order chi connectivity index (χ0) is 15.2. The number of ether oxygens (including phenoxy) is 1. The van der Waals surface area contributed by atoms with Gasteiger partial charge in [0.2, 0.25) is 0 Å². The molecule has 7 heteroatoms. The average molecular weight is 306 g/mol. The molecule has 2 N–H and O–H groups in total. The lowest BCUT2D eigenvalue weighted by Gasteiger charge is -2.06. The van der Waals surface area contributed by atoms with E-state index in [-0.39, 0.29) is 11.1 Å². The Hall–Kier alpha value is -2.28. The molecule has 1 heterocycles. The van der Waals surface area contributed by atoms with Gasteiger partial charge in [0, 0.05) is 17.5 Å². The molecule has 0 aliphatic carbocycles. The predicted octanol–water partition coefficient (Wildman–Crippen LogP) is 1.95. The Morgan fingerprint density at radius 1 is 1.38 bits per heavy atom. The molecule has 110 valence electrons. The van der Waals surface area contributed by atoms with Gasteiger partial charge in [0.25, 0.3) is 5.56 Å². The van der Waals surface area contributed by atoms with E-state index in [2.05, 4.69) is 9.97 Å². The number of hydrogen-bond donors (Lipinski definition) is 2. The van der Waals surface area contributed by atoms with E-state index < -0.39 is 5.97 Å². The minimum Gasteiger partial charge on any atom is -0.493 e. The van der Waals surface area contributed by atoms with Gasteiger partial charge in [0.05, 0.1) is 12.2 Å².